The summed E-state index contributed by atoms with van der Waals surface area (Å²) in [6, 6.07) is 3.20. The predicted octanol–water partition coefficient (Wildman–Crippen LogP) is 1.67. The Morgan fingerprint density at radius 2 is 2.25 bits per heavy atom. The summed E-state index contributed by atoms with van der Waals surface area (Å²) in [4.78, 5) is 15.2. The van der Waals surface area contributed by atoms with E-state index >= 15 is 0 Å². The van der Waals surface area contributed by atoms with Crippen LogP contribution in [0.15, 0.2) is 30.7 Å². The van der Waals surface area contributed by atoms with E-state index in [4.69, 9.17) is 5.11 Å². The smallest absolute Gasteiger partial charge is 0.320 e. The number of rotatable bonds is 6. The van der Waals surface area contributed by atoms with Gasteiger partial charge in [0.25, 0.3) is 0 Å². The molecule has 3 N–H and O–H groups in total. The summed E-state index contributed by atoms with van der Waals surface area (Å²) in [6.07, 6.45) is 5.15. The van der Waals surface area contributed by atoms with Crippen molar-refractivity contribution in [2.24, 2.45) is 5.92 Å². The number of aromatic amines is 1. The molecule has 0 aliphatic rings. The van der Waals surface area contributed by atoms with E-state index in [0.29, 0.717) is 6.54 Å². The molecule has 2 heterocycles. The Hall–Kier alpha value is -2.21. The largest absolute Gasteiger partial charge is 0.480 e. The third-order valence-corrected chi connectivity index (χ3v) is 3.11. The minimum atomic E-state index is -0.841. The summed E-state index contributed by atoms with van der Waals surface area (Å²) >= 11 is 0. The zero-order valence-corrected chi connectivity index (χ0v) is 11.5. The van der Waals surface area contributed by atoms with Gasteiger partial charge >= 0.3 is 5.97 Å². The molecule has 0 spiro atoms. The van der Waals surface area contributed by atoms with Crippen molar-refractivity contribution in [3.8, 4) is 11.3 Å². The molecule has 1 unspecified atom stereocenters. The van der Waals surface area contributed by atoms with Crippen LogP contribution in [0.25, 0.3) is 11.3 Å². The molecule has 2 aromatic rings. The van der Waals surface area contributed by atoms with Gasteiger partial charge in [-0.1, -0.05) is 13.8 Å². The number of H-pyrrole nitrogens is 1. The van der Waals surface area contributed by atoms with Gasteiger partial charge in [0.2, 0.25) is 0 Å². The van der Waals surface area contributed by atoms with Gasteiger partial charge in [0.05, 0.1) is 11.9 Å². The van der Waals surface area contributed by atoms with Crippen LogP contribution in [-0.4, -0.2) is 32.3 Å². The first-order valence-corrected chi connectivity index (χ1v) is 6.48. The average molecular weight is 274 g/mol. The Kier molecular flexibility index (Phi) is 4.47. The monoisotopic (exact) mass is 274 g/mol. The molecule has 0 amide bonds. The number of hydrogen-bond donors (Lipinski definition) is 3. The quantitative estimate of drug-likeness (QED) is 0.745. The maximum Gasteiger partial charge on any atom is 0.320 e. The Morgan fingerprint density at radius 3 is 2.85 bits per heavy atom. The van der Waals surface area contributed by atoms with E-state index in [-0.39, 0.29) is 5.92 Å². The molecule has 0 aromatic carbocycles. The molecule has 1 atom stereocenters. The number of pyridine rings is 1. The van der Waals surface area contributed by atoms with E-state index in [9.17, 15) is 4.79 Å². The van der Waals surface area contributed by atoms with Crippen LogP contribution >= 0.6 is 0 Å². The van der Waals surface area contributed by atoms with Gasteiger partial charge in [-0.05, 0) is 18.1 Å². The highest BCUT2D eigenvalue weighted by Gasteiger charge is 2.21. The minimum Gasteiger partial charge on any atom is -0.480 e. The standard InChI is InChI=1S/C14H18N4O2/c1-9(2)12(14(19)20)16-7-11-8-17-18-13(11)10-4-3-5-15-6-10/h3-6,8-9,12,16H,7H2,1-2H3,(H,17,18)(H,19,20). The van der Waals surface area contributed by atoms with Crippen molar-refractivity contribution < 1.29 is 9.90 Å². The maximum absolute atomic E-state index is 11.2. The molecule has 2 aromatic heterocycles. The number of nitrogens with one attached hydrogen (secondary N) is 2. The molecule has 106 valence electrons. The van der Waals surface area contributed by atoms with Crippen LogP contribution in [0, 0.1) is 5.92 Å². The molecular formula is C14H18N4O2. The molecule has 0 saturated heterocycles. The van der Waals surface area contributed by atoms with Crippen LogP contribution < -0.4 is 5.32 Å². The van der Waals surface area contributed by atoms with Gasteiger partial charge in [-0.3, -0.25) is 20.2 Å². The molecule has 0 fully saturated rings. The molecule has 2 rings (SSSR count). The zero-order chi connectivity index (χ0) is 14.5. The van der Waals surface area contributed by atoms with E-state index in [0.717, 1.165) is 16.8 Å². The van der Waals surface area contributed by atoms with E-state index < -0.39 is 12.0 Å². The van der Waals surface area contributed by atoms with Crippen LogP contribution in [0.5, 0.6) is 0 Å². The van der Waals surface area contributed by atoms with Crippen molar-refractivity contribution in [2.75, 3.05) is 0 Å². The van der Waals surface area contributed by atoms with Gasteiger partial charge in [-0.15, -0.1) is 0 Å². The Bertz CT molecular complexity index is 566. The molecule has 6 nitrogen and oxygen atoms in total. The first-order valence-electron chi connectivity index (χ1n) is 6.48. The van der Waals surface area contributed by atoms with Crippen molar-refractivity contribution in [1.29, 1.82) is 0 Å². The molecule has 20 heavy (non-hydrogen) atoms. The maximum atomic E-state index is 11.2. The highest BCUT2D eigenvalue weighted by Crippen LogP contribution is 2.19. The normalized spacial score (nSPS) is 12.6. The van der Waals surface area contributed by atoms with E-state index in [1.165, 1.54) is 0 Å². The second kappa shape index (κ2) is 6.29. The lowest BCUT2D eigenvalue weighted by Crippen LogP contribution is -2.40. The van der Waals surface area contributed by atoms with Crippen LogP contribution in [0.2, 0.25) is 0 Å². The summed E-state index contributed by atoms with van der Waals surface area (Å²) in [5.74, 6) is -0.826. The van der Waals surface area contributed by atoms with Gasteiger partial charge < -0.3 is 5.11 Å². The van der Waals surface area contributed by atoms with Crippen molar-refractivity contribution in [1.82, 2.24) is 20.5 Å². The number of hydrogen-bond acceptors (Lipinski definition) is 4. The fourth-order valence-corrected chi connectivity index (χ4v) is 2.03. The number of carboxylic acid groups (broad SMARTS) is 1. The fourth-order valence-electron chi connectivity index (χ4n) is 2.03. The Labute approximate surface area is 117 Å². The molecule has 0 aliphatic heterocycles. The first kappa shape index (κ1) is 14.2. The summed E-state index contributed by atoms with van der Waals surface area (Å²) in [7, 11) is 0. The lowest BCUT2D eigenvalue weighted by Gasteiger charge is -2.17. The van der Waals surface area contributed by atoms with E-state index in [1.54, 1.807) is 18.6 Å². The minimum absolute atomic E-state index is 0.0150. The van der Waals surface area contributed by atoms with E-state index in [1.807, 2.05) is 26.0 Å². The number of carbonyl (C=O) groups is 1. The Balaban J connectivity index is 2.12. The lowest BCUT2D eigenvalue weighted by molar-refractivity contribution is -0.140. The highest BCUT2D eigenvalue weighted by atomic mass is 16.4. The molecule has 0 bridgehead atoms. The summed E-state index contributed by atoms with van der Waals surface area (Å²) in [6.45, 7) is 4.20. The third kappa shape index (κ3) is 3.21. The van der Waals surface area contributed by atoms with Gasteiger partial charge in [0, 0.05) is 30.1 Å². The molecule has 0 aliphatic carbocycles. The first-order chi connectivity index (χ1) is 9.59. The number of aliphatic carboxylic acids is 1. The van der Waals surface area contributed by atoms with Gasteiger partial charge in [0.1, 0.15) is 6.04 Å². The fraction of sp³-hybridized carbons (Fsp3) is 0.357. The number of carboxylic acids is 1. The van der Waals surface area contributed by atoms with Crippen molar-refractivity contribution >= 4 is 5.97 Å². The van der Waals surface area contributed by atoms with Crippen molar-refractivity contribution in [3.63, 3.8) is 0 Å². The molecule has 0 radical (unpaired) electrons. The van der Waals surface area contributed by atoms with Crippen molar-refractivity contribution in [3.05, 3.63) is 36.3 Å². The van der Waals surface area contributed by atoms with E-state index in [2.05, 4.69) is 20.5 Å². The van der Waals surface area contributed by atoms with Crippen LogP contribution in [0.3, 0.4) is 0 Å². The topological polar surface area (TPSA) is 90.9 Å². The molecule has 6 heteroatoms. The summed E-state index contributed by atoms with van der Waals surface area (Å²) in [5, 5.41) is 19.2. The zero-order valence-electron chi connectivity index (χ0n) is 11.5. The lowest BCUT2D eigenvalue weighted by atomic mass is 10.0. The van der Waals surface area contributed by atoms with Crippen molar-refractivity contribution in [2.45, 2.75) is 26.4 Å². The van der Waals surface area contributed by atoms with Gasteiger partial charge in [-0.25, -0.2) is 0 Å². The summed E-state index contributed by atoms with van der Waals surface area (Å²) < 4.78 is 0. The number of aromatic nitrogens is 3. The van der Waals surface area contributed by atoms with Crippen LogP contribution in [-0.2, 0) is 11.3 Å². The average Bonchev–Trinajstić information content (AvgIpc) is 2.87. The molecular weight excluding hydrogens is 256 g/mol. The second-order valence-electron chi connectivity index (χ2n) is 4.95. The third-order valence-electron chi connectivity index (χ3n) is 3.11. The Morgan fingerprint density at radius 1 is 1.45 bits per heavy atom. The van der Waals surface area contributed by atoms with Crippen LogP contribution in [0.4, 0.5) is 0 Å². The highest BCUT2D eigenvalue weighted by molar-refractivity contribution is 5.73. The van der Waals surface area contributed by atoms with Crippen LogP contribution in [0.1, 0.15) is 19.4 Å². The SMILES string of the molecule is CC(C)C(NCc1cn[nH]c1-c1cccnc1)C(=O)O. The molecule has 0 saturated carbocycles. The predicted molar refractivity (Wildman–Crippen MR) is 74.9 cm³/mol. The van der Waals surface area contributed by atoms with Gasteiger partial charge in [0.15, 0.2) is 0 Å². The second-order valence-corrected chi connectivity index (χ2v) is 4.95. The van der Waals surface area contributed by atoms with Gasteiger partial charge in [-0.2, -0.15) is 5.10 Å². The summed E-state index contributed by atoms with van der Waals surface area (Å²) in [5.41, 5.74) is 2.71. The number of nitrogens with zero attached hydrogens (tertiary/aromatic N) is 2.